The smallest absolute Gasteiger partial charge is 0.152 e. The van der Waals surface area contributed by atoms with Crippen LogP contribution < -0.4 is 10.5 Å². The molecule has 0 saturated carbocycles. The Morgan fingerprint density at radius 3 is 2.40 bits per heavy atom. The van der Waals surface area contributed by atoms with Gasteiger partial charge in [-0.25, -0.2) is 4.98 Å². The van der Waals surface area contributed by atoms with E-state index in [0.717, 1.165) is 21.0 Å². The highest BCUT2D eigenvalue weighted by atomic mass is 32.1. The average molecular weight is 284 g/mol. The lowest BCUT2D eigenvalue weighted by Gasteiger charge is -2.10. The molecule has 0 atom stereocenters. The van der Waals surface area contributed by atoms with Crippen molar-refractivity contribution in [2.45, 2.75) is 20.8 Å². The SMILES string of the molecule is Cc1cc(C)cc(Oc2cc3nc(C)sc3cc2N)c1. The van der Waals surface area contributed by atoms with E-state index in [1.165, 1.54) is 11.1 Å². The van der Waals surface area contributed by atoms with Crippen molar-refractivity contribution in [1.82, 2.24) is 4.98 Å². The summed E-state index contributed by atoms with van der Waals surface area (Å²) in [7, 11) is 0. The lowest BCUT2D eigenvalue weighted by molar-refractivity contribution is 0.485. The number of thiazole rings is 1. The molecule has 0 aliphatic heterocycles. The Bertz CT molecular complexity index is 772. The van der Waals surface area contributed by atoms with Crippen molar-refractivity contribution in [3.63, 3.8) is 0 Å². The van der Waals surface area contributed by atoms with Crippen LogP contribution >= 0.6 is 11.3 Å². The first-order valence-electron chi connectivity index (χ1n) is 6.44. The highest BCUT2D eigenvalue weighted by Crippen LogP contribution is 2.34. The Kier molecular flexibility index (Phi) is 3.10. The number of nitrogens with two attached hydrogens (primary N) is 1. The van der Waals surface area contributed by atoms with E-state index in [4.69, 9.17) is 10.5 Å². The summed E-state index contributed by atoms with van der Waals surface area (Å²) in [6.45, 7) is 6.09. The number of nitrogen functional groups attached to an aromatic ring is 1. The lowest BCUT2D eigenvalue weighted by atomic mass is 10.1. The lowest BCUT2D eigenvalue weighted by Crippen LogP contribution is -1.93. The van der Waals surface area contributed by atoms with Gasteiger partial charge in [0.15, 0.2) is 5.75 Å². The van der Waals surface area contributed by atoms with E-state index in [-0.39, 0.29) is 0 Å². The summed E-state index contributed by atoms with van der Waals surface area (Å²) in [5, 5.41) is 1.03. The van der Waals surface area contributed by atoms with Gasteiger partial charge in [-0.1, -0.05) is 6.07 Å². The molecule has 4 heteroatoms. The highest BCUT2D eigenvalue weighted by molar-refractivity contribution is 7.18. The standard InChI is InChI=1S/C16H16N2OS/c1-9-4-10(2)6-12(5-9)19-15-8-14-16(7-13(15)17)20-11(3)18-14/h4-8H,17H2,1-3H3. The number of fused-ring (bicyclic) bond motifs is 1. The maximum Gasteiger partial charge on any atom is 0.152 e. The normalized spacial score (nSPS) is 10.9. The van der Waals surface area contributed by atoms with Crippen LogP contribution in [-0.4, -0.2) is 4.98 Å². The van der Waals surface area contributed by atoms with E-state index < -0.39 is 0 Å². The second-order valence-corrected chi connectivity index (χ2v) is 6.25. The fourth-order valence-electron chi connectivity index (χ4n) is 2.29. The summed E-state index contributed by atoms with van der Waals surface area (Å²) in [6.07, 6.45) is 0. The van der Waals surface area contributed by atoms with Gasteiger partial charge in [0.2, 0.25) is 0 Å². The summed E-state index contributed by atoms with van der Waals surface area (Å²) >= 11 is 1.64. The Morgan fingerprint density at radius 2 is 1.70 bits per heavy atom. The first-order chi connectivity index (χ1) is 9.51. The molecule has 0 aliphatic carbocycles. The number of ether oxygens (including phenoxy) is 1. The summed E-state index contributed by atoms with van der Waals surface area (Å²) < 4.78 is 7.02. The first-order valence-corrected chi connectivity index (χ1v) is 7.26. The summed E-state index contributed by atoms with van der Waals surface area (Å²) in [5.74, 6) is 1.47. The molecule has 2 aromatic carbocycles. The molecule has 102 valence electrons. The van der Waals surface area contributed by atoms with Gasteiger partial charge in [0, 0.05) is 6.07 Å². The van der Waals surface area contributed by atoms with Crippen LogP contribution in [0.5, 0.6) is 11.5 Å². The van der Waals surface area contributed by atoms with Gasteiger partial charge in [-0.3, -0.25) is 0 Å². The topological polar surface area (TPSA) is 48.1 Å². The molecule has 0 saturated heterocycles. The third kappa shape index (κ3) is 2.47. The molecule has 0 radical (unpaired) electrons. The number of nitrogens with zero attached hydrogens (tertiary/aromatic N) is 1. The van der Waals surface area contributed by atoms with Crippen molar-refractivity contribution in [1.29, 1.82) is 0 Å². The molecule has 0 bridgehead atoms. The van der Waals surface area contributed by atoms with Gasteiger partial charge in [-0.15, -0.1) is 11.3 Å². The number of anilines is 1. The number of aromatic nitrogens is 1. The predicted molar refractivity (Wildman–Crippen MR) is 84.8 cm³/mol. The van der Waals surface area contributed by atoms with Gasteiger partial charge in [-0.2, -0.15) is 0 Å². The molecule has 1 aromatic heterocycles. The fraction of sp³-hybridized carbons (Fsp3) is 0.188. The fourth-order valence-corrected chi connectivity index (χ4v) is 3.15. The second-order valence-electron chi connectivity index (χ2n) is 5.02. The van der Waals surface area contributed by atoms with Crippen LogP contribution in [0, 0.1) is 20.8 Å². The molecule has 0 fully saturated rings. The van der Waals surface area contributed by atoms with E-state index in [0.29, 0.717) is 11.4 Å². The molecule has 0 spiro atoms. The van der Waals surface area contributed by atoms with Crippen LogP contribution in [0.1, 0.15) is 16.1 Å². The zero-order chi connectivity index (χ0) is 14.3. The molecule has 0 amide bonds. The number of hydrogen-bond donors (Lipinski definition) is 1. The third-order valence-corrected chi connectivity index (χ3v) is 3.98. The average Bonchev–Trinajstić information content (AvgIpc) is 2.67. The Hall–Kier alpha value is -2.07. The molecule has 3 rings (SSSR count). The van der Waals surface area contributed by atoms with Gasteiger partial charge in [-0.05, 0) is 50.1 Å². The third-order valence-electron chi connectivity index (χ3n) is 3.05. The van der Waals surface area contributed by atoms with Crippen molar-refractivity contribution in [2.75, 3.05) is 5.73 Å². The van der Waals surface area contributed by atoms with E-state index in [9.17, 15) is 0 Å². The number of benzene rings is 2. The summed E-state index contributed by atoms with van der Waals surface area (Å²) in [4.78, 5) is 4.47. The minimum Gasteiger partial charge on any atom is -0.455 e. The van der Waals surface area contributed by atoms with Crippen LogP contribution in [0.2, 0.25) is 0 Å². The first kappa shape index (κ1) is 12.9. The Morgan fingerprint density at radius 1 is 1.00 bits per heavy atom. The van der Waals surface area contributed by atoms with Crippen LogP contribution in [0.15, 0.2) is 30.3 Å². The van der Waals surface area contributed by atoms with Gasteiger partial charge in [0.05, 0.1) is 20.9 Å². The summed E-state index contributed by atoms with van der Waals surface area (Å²) in [5.41, 5.74) is 9.99. The molecular formula is C16H16N2OS. The maximum atomic E-state index is 6.07. The molecule has 2 N–H and O–H groups in total. The molecular weight excluding hydrogens is 268 g/mol. The van der Waals surface area contributed by atoms with E-state index in [1.54, 1.807) is 11.3 Å². The predicted octanol–water partition coefficient (Wildman–Crippen LogP) is 4.60. The minimum absolute atomic E-state index is 0.639. The zero-order valence-corrected chi connectivity index (χ0v) is 12.5. The van der Waals surface area contributed by atoms with E-state index in [2.05, 4.69) is 24.9 Å². The number of aryl methyl sites for hydroxylation is 3. The van der Waals surface area contributed by atoms with E-state index in [1.807, 2.05) is 31.2 Å². The number of rotatable bonds is 2. The van der Waals surface area contributed by atoms with Gasteiger partial charge in [0.25, 0.3) is 0 Å². The van der Waals surface area contributed by atoms with Gasteiger partial charge >= 0.3 is 0 Å². The van der Waals surface area contributed by atoms with Crippen LogP contribution in [0.3, 0.4) is 0 Å². The molecule has 3 aromatic rings. The second kappa shape index (κ2) is 4.80. The van der Waals surface area contributed by atoms with Crippen molar-refractivity contribution < 1.29 is 4.74 Å². The minimum atomic E-state index is 0.639. The van der Waals surface area contributed by atoms with Crippen LogP contribution in [0.25, 0.3) is 10.2 Å². The molecule has 0 aliphatic rings. The van der Waals surface area contributed by atoms with Crippen molar-refractivity contribution in [2.24, 2.45) is 0 Å². The Labute approximate surface area is 122 Å². The monoisotopic (exact) mass is 284 g/mol. The van der Waals surface area contributed by atoms with Crippen molar-refractivity contribution >= 4 is 27.2 Å². The summed E-state index contributed by atoms with van der Waals surface area (Å²) in [6, 6.07) is 9.96. The van der Waals surface area contributed by atoms with Crippen LogP contribution in [-0.2, 0) is 0 Å². The quantitative estimate of drug-likeness (QED) is 0.700. The molecule has 0 unspecified atom stereocenters. The van der Waals surface area contributed by atoms with Crippen LogP contribution in [0.4, 0.5) is 5.69 Å². The zero-order valence-electron chi connectivity index (χ0n) is 11.7. The van der Waals surface area contributed by atoms with Crippen molar-refractivity contribution in [3.05, 3.63) is 46.5 Å². The number of hydrogen-bond acceptors (Lipinski definition) is 4. The van der Waals surface area contributed by atoms with E-state index >= 15 is 0 Å². The highest BCUT2D eigenvalue weighted by Gasteiger charge is 2.08. The molecule has 20 heavy (non-hydrogen) atoms. The Balaban J connectivity index is 2.03. The van der Waals surface area contributed by atoms with Gasteiger partial charge < -0.3 is 10.5 Å². The molecule has 1 heterocycles. The van der Waals surface area contributed by atoms with Crippen molar-refractivity contribution in [3.8, 4) is 11.5 Å². The largest absolute Gasteiger partial charge is 0.455 e. The molecule has 3 nitrogen and oxygen atoms in total. The van der Waals surface area contributed by atoms with Gasteiger partial charge in [0.1, 0.15) is 5.75 Å². The maximum absolute atomic E-state index is 6.07.